The summed E-state index contributed by atoms with van der Waals surface area (Å²) >= 11 is 0. The van der Waals surface area contributed by atoms with E-state index in [0.717, 1.165) is 0 Å². The maximum absolute atomic E-state index is 11.7. The molecule has 1 amide bonds. The molecule has 2 rings (SSSR count). The minimum atomic E-state index is -0.905. The lowest BCUT2D eigenvalue weighted by Gasteiger charge is -2.18. The van der Waals surface area contributed by atoms with Gasteiger partial charge in [0.15, 0.2) is 6.61 Å². The van der Waals surface area contributed by atoms with E-state index in [9.17, 15) is 14.4 Å². The Labute approximate surface area is 103 Å². The van der Waals surface area contributed by atoms with Gasteiger partial charge in [0.25, 0.3) is 11.7 Å². The average Bonchev–Trinajstić information content (AvgIpc) is 2.37. The van der Waals surface area contributed by atoms with Crippen LogP contribution >= 0.6 is 0 Å². The third kappa shape index (κ3) is 2.32. The summed E-state index contributed by atoms with van der Waals surface area (Å²) < 4.78 is 9.77. The molecule has 0 fully saturated rings. The van der Waals surface area contributed by atoms with Crippen molar-refractivity contribution in [3.63, 3.8) is 0 Å². The fourth-order valence-electron chi connectivity index (χ4n) is 1.53. The molecule has 0 bridgehead atoms. The van der Waals surface area contributed by atoms with Crippen LogP contribution in [-0.2, 0) is 14.3 Å². The van der Waals surface area contributed by atoms with E-state index in [1.165, 1.54) is 18.2 Å². The van der Waals surface area contributed by atoms with Gasteiger partial charge in [0.2, 0.25) is 0 Å². The van der Waals surface area contributed by atoms with E-state index >= 15 is 0 Å². The Morgan fingerprint density at radius 2 is 2.22 bits per heavy atom. The number of ketones is 1. The lowest BCUT2D eigenvalue weighted by atomic mass is 10.1. The molecule has 0 saturated heterocycles. The number of benzene rings is 1. The molecule has 1 aromatic carbocycles. The Morgan fingerprint density at radius 3 is 2.94 bits per heavy atom. The Bertz CT molecular complexity index is 523. The summed E-state index contributed by atoms with van der Waals surface area (Å²) in [6.07, 6.45) is 0. The first kappa shape index (κ1) is 12.1. The molecule has 6 heteroatoms. The van der Waals surface area contributed by atoms with Gasteiger partial charge < -0.3 is 14.8 Å². The zero-order valence-electron chi connectivity index (χ0n) is 9.69. The largest absolute Gasteiger partial charge is 0.482 e. The third-order valence-corrected chi connectivity index (χ3v) is 2.34. The number of fused-ring (bicyclic) bond motifs is 1. The summed E-state index contributed by atoms with van der Waals surface area (Å²) in [5.41, 5.74) is 0.648. The van der Waals surface area contributed by atoms with Crippen molar-refractivity contribution in [3.05, 3.63) is 23.8 Å². The number of nitrogens with one attached hydrogen (secondary N) is 1. The van der Waals surface area contributed by atoms with Crippen molar-refractivity contribution in [3.8, 4) is 5.75 Å². The highest BCUT2D eigenvalue weighted by molar-refractivity contribution is 6.40. The number of hydrogen-bond donors (Lipinski definition) is 1. The van der Waals surface area contributed by atoms with Crippen LogP contribution in [0.25, 0.3) is 0 Å². The van der Waals surface area contributed by atoms with Crippen LogP contribution in [0.15, 0.2) is 18.2 Å². The van der Waals surface area contributed by atoms with Crippen molar-refractivity contribution in [1.29, 1.82) is 0 Å². The maximum Gasteiger partial charge on any atom is 0.379 e. The first-order valence-corrected chi connectivity index (χ1v) is 5.40. The zero-order chi connectivity index (χ0) is 13.1. The zero-order valence-corrected chi connectivity index (χ0v) is 9.69. The molecule has 0 radical (unpaired) electrons. The summed E-state index contributed by atoms with van der Waals surface area (Å²) in [7, 11) is 0. The number of carbonyl (C=O) groups is 3. The normalized spacial score (nSPS) is 13.1. The lowest BCUT2D eigenvalue weighted by Crippen LogP contribution is -2.26. The molecule has 0 spiro atoms. The van der Waals surface area contributed by atoms with E-state index in [0.29, 0.717) is 11.4 Å². The predicted molar refractivity (Wildman–Crippen MR) is 61.5 cm³/mol. The summed E-state index contributed by atoms with van der Waals surface area (Å²) in [5.74, 6) is -1.53. The fourth-order valence-corrected chi connectivity index (χ4v) is 1.53. The molecular formula is C12H11NO5. The van der Waals surface area contributed by atoms with Crippen LogP contribution in [0.4, 0.5) is 5.69 Å². The lowest BCUT2D eigenvalue weighted by molar-refractivity contribution is -0.137. The molecule has 0 aliphatic carbocycles. The van der Waals surface area contributed by atoms with Gasteiger partial charge in [-0.1, -0.05) is 0 Å². The maximum atomic E-state index is 11.7. The summed E-state index contributed by atoms with van der Waals surface area (Å²) in [6, 6.07) is 4.36. The Balaban J connectivity index is 2.24. The van der Waals surface area contributed by atoms with Crippen LogP contribution in [0.2, 0.25) is 0 Å². The summed E-state index contributed by atoms with van der Waals surface area (Å²) in [6.45, 7) is 1.66. The van der Waals surface area contributed by atoms with E-state index in [2.05, 4.69) is 10.1 Å². The highest BCUT2D eigenvalue weighted by atomic mass is 16.5. The fraction of sp³-hybridized carbons (Fsp3) is 0.250. The smallest absolute Gasteiger partial charge is 0.379 e. The second-order valence-corrected chi connectivity index (χ2v) is 3.60. The van der Waals surface area contributed by atoms with E-state index in [-0.39, 0.29) is 24.7 Å². The van der Waals surface area contributed by atoms with Crippen LogP contribution in [0.3, 0.4) is 0 Å². The minimum Gasteiger partial charge on any atom is -0.482 e. The number of amides is 1. The first-order chi connectivity index (χ1) is 8.61. The Hall–Kier alpha value is -2.37. The van der Waals surface area contributed by atoms with Crippen molar-refractivity contribution >= 4 is 23.3 Å². The molecule has 1 heterocycles. The SMILES string of the molecule is CCOC(=O)C(=O)c1ccc2c(c1)OCC(=O)N2. The van der Waals surface area contributed by atoms with Gasteiger partial charge in [0, 0.05) is 5.56 Å². The van der Waals surface area contributed by atoms with Crippen LogP contribution < -0.4 is 10.1 Å². The van der Waals surface area contributed by atoms with E-state index in [1.807, 2.05) is 0 Å². The molecule has 1 N–H and O–H groups in total. The monoisotopic (exact) mass is 249 g/mol. The number of anilines is 1. The topological polar surface area (TPSA) is 81.7 Å². The first-order valence-electron chi connectivity index (χ1n) is 5.40. The quantitative estimate of drug-likeness (QED) is 0.486. The molecule has 6 nitrogen and oxygen atoms in total. The van der Waals surface area contributed by atoms with Gasteiger partial charge in [-0.15, -0.1) is 0 Å². The summed E-state index contributed by atoms with van der Waals surface area (Å²) in [5, 5.41) is 2.59. The van der Waals surface area contributed by atoms with Crippen molar-refractivity contribution in [2.45, 2.75) is 6.92 Å². The Morgan fingerprint density at radius 1 is 1.44 bits per heavy atom. The van der Waals surface area contributed by atoms with Gasteiger partial charge in [-0.2, -0.15) is 0 Å². The number of rotatable bonds is 3. The molecule has 1 aliphatic heterocycles. The highest BCUT2D eigenvalue weighted by Gasteiger charge is 2.21. The molecule has 1 aromatic rings. The predicted octanol–water partition coefficient (Wildman–Crippen LogP) is 0.763. The molecule has 0 atom stereocenters. The average molecular weight is 249 g/mol. The second kappa shape index (κ2) is 4.87. The third-order valence-electron chi connectivity index (χ3n) is 2.34. The van der Waals surface area contributed by atoms with Crippen LogP contribution in [0.5, 0.6) is 5.75 Å². The number of esters is 1. The van der Waals surface area contributed by atoms with E-state index < -0.39 is 11.8 Å². The van der Waals surface area contributed by atoms with Gasteiger partial charge in [-0.25, -0.2) is 4.79 Å². The van der Waals surface area contributed by atoms with Crippen molar-refractivity contribution < 1.29 is 23.9 Å². The molecule has 0 unspecified atom stereocenters. The summed E-state index contributed by atoms with van der Waals surface area (Å²) in [4.78, 5) is 34.0. The van der Waals surface area contributed by atoms with Crippen molar-refractivity contribution in [2.75, 3.05) is 18.5 Å². The molecule has 94 valence electrons. The van der Waals surface area contributed by atoms with Crippen LogP contribution in [0.1, 0.15) is 17.3 Å². The highest BCUT2D eigenvalue weighted by Crippen LogP contribution is 2.28. The van der Waals surface area contributed by atoms with Gasteiger partial charge in [0.1, 0.15) is 5.75 Å². The van der Waals surface area contributed by atoms with Gasteiger partial charge >= 0.3 is 5.97 Å². The Kier molecular flexibility index (Phi) is 3.27. The molecule has 0 saturated carbocycles. The van der Waals surface area contributed by atoms with E-state index in [4.69, 9.17) is 4.74 Å². The number of ether oxygens (including phenoxy) is 2. The standard InChI is InChI=1S/C12H11NO5/c1-2-17-12(16)11(15)7-3-4-8-9(5-7)18-6-10(14)13-8/h3-5H,2,6H2,1H3,(H,13,14). The van der Waals surface area contributed by atoms with Crippen molar-refractivity contribution in [1.82, 2.24) is 0 Å². The molecular weight excluding hydrogens is 238 g/mol. The van der Waals surface area contributed by atoms with Gasteiger partial charge in [0.05, 0.1) is 12.3 Å². The van der Waals surface area contributed by atoms with Crippen LogP contribution in [-0.4, -0.2) is 30.9 Å². The van der Waals surface area contributed by atoms with Gasteiger partial charge in [-0.05, 0) is 25.1 Å². The molecule has 18 heavy (non-hydrogen) atoms. The van der Waals surface area contributed by atoms with E-state index in [1.54, 1.807) is 6.92 Å². The number of hydrogen-bond acceptors (Lipinski definition) is 5. The minimum absolute atomic E-state index is 0.107. The second-order valence-electron chi connectivity index (χ2n) is 3.60. The van der Waals surface area contributed by atoms with Gasteiger partial charge in [-0.3, -0.25) is 9.59 Å². The molecule has 1 aliphatic rings. The number of carbonyl (C=O) groups excluding carboxylic acids is 3. The van der Waals surface area contributed by atoms with Crippen LogP contribution in [0, 0.1) is 0 Å². The van der Waals surface area contributed by atoms with Crippen molar-refractivity contribution in [2.24, 2.45) is 0 Å². The molecule has 0 aromatic heterocycles. The number of Topliss-reactive ketones (excluding diaryl/α,β-unsaturated/α-hetero) is 1.